The van der Waals surface area contributed by atoms with E-state index in [-0.39, 0.29) is 11.9 Å². The Morgan fingerprint density at radius 3 is 2.70 bits per heavy atom. The van der Waals surface area contributed by atoms with Crippen LogP contribution in [0, 0.1) is 5.92 Å². The molecule has 1 atom stereocenters. The average Bonchev–Trinajstić information content (AvgIpc) is 2.39. The van der Waals surface area contributed by atoms with Gasteiger partial charge in [0.1, 0.15) is 5.75 Å². The van der Waals surface area contributed by atoms with Crippen molar-refractivity contribution >= 4 is 23.4 Å². The lowest BCUT2D eigenvalue weighted by Crippen LogP contribution is -2.37. The fourth-order valence-corrected chi connectivity index (χ4v) is 2.31. The number of benzene rings is 1. The summed E-state index contributed by atoms with van der Waals surface area (Å²) in [5.41, 5.74) is 6.58. The number of nitrogens with one attached hydrogen (secondary N) is 1. The number of nitrogen functional groups attached to an aromatic ring is 1. The number of thioether (sulfide) groups is 1. The van der Waals surface area contributed by atoms with Crippen LogP contribution >= 0.6 is 11.8 Å². The minimum Gasteiger partial charge on any atom is -0.494 e. The second-order valence-corrected chi connectivity index (χ2v) is 6.04. The van der Waals surface area contributed by atoms with E-state index in [0.29, 0.717) is 24.0 Å². The van der Waals surface area contributed by atoms with Gasteiger partial charge in [-0.3, -0.25) is 4.79 Å². The highest BCUT2D eigenvalue weighted by Gasteiger charge is 2.12. The molecule has 1 aromatic carbocycles. The normalized spacial score (nSPS) is 12.2. The molecule has 0 heterocycles. The highest BCUT2D eigenvalue weighted by molar-refractivity contribution is 8.00. The molecule has 0 fully saturated rings. The van der Waals surface area contributed by atoms with Crippen LogP contribution in [0.2, 0.25) is 0 Å². The molecule has 1 unspecified atom stereocenters. The molecule has 0 bridgehead atoms. The smallest absolute Gasteiger partial charge is 0.230 e. The van der Waals surface area contributed by atoms with Crippen LogP contribution in [0.25, 0.3) is 0 Å². The Kier molecular flexibility index (Phi) is 6.71. The summed E-state index contributed by atoms with van der Waals surface area (Å²) < 4.78 is 5.43. The van der Waals surface area contributed by atoms with Crippen LogP contribution in [0.1, 0.15) is 27.7 Å². The maximum Gasteiger partial charge on any atom is 0.230 e. The maximum absolute atomic E-state index is 11.8. The number of rotatable bonds is 7. The van der Waals surface area contributed by atoms with E-state index in [9.17, 15) is 4.79 Å². The van der Waals surface area contributed by atoms with Gasteiger partial charge in [-0.25, -0.2) is 0 Å². The quantitative estimate of drug-likeness (QED) is 0.600. The highest BCUT2D eigenvalue weighted by atomic mass is 32.2. The fourth-order valence-electron chi connectivity index (χ4n) is 1.50. The largest absolute Gasteiger partial charge is 0.494 e. The van der Waals surface area contributed by atoms with Crippen molar-refractivity contribution in [2.75, 3.05) is 18.1 Å². The van der Waals surface area contributed by atoms with Crippen LogP contribution in [0.3, 0.4) is 0 Å². The average molecular weight is 296 g/mol. The molecule has 1 aromatic rings. The minimum absolute atomic E-state index is 0.0254. The Labute approximate surface area is 125 Å². The van der Waals surface area contributed by atoms with E-state index >= 15 is 0 Å². The Bertz CT molecular complexity index is 449. The minimum atomic E-state index is 0.0254. The van der Waals surface area contributed by atoms with Crippen molar-refractivity contribution < 1.29 is 9.53 Å². The predicted octanol–water partition coefficient (Wildman–Crippen LogP) is 2.92. The number of anilines is 1. The van der Waals surface area contributed by atoms with E-state index in [2.05, 4.69) is 19.2 Å². The second-order valence-electron chi connectivity index (χ2n) is 5.02. The van der Waals surface area contributed by atoms with Crippen molar-refractivity contribution in [3.63, 3.8) is 0 Å². The van der Waals surface area contributed by atoms with Gasteiger partial charge in [0.25, 0.3) is 0 Å². The van der Waals surface area contributed by atoms with Crippen LogP contribution in [0.4, 0.5) is 5.69 Å². The summed E-state index contributed by atoms with van der Waals surface area (Å²) in [7, 11) is 0. The van der Waals surface area contributed by atoms with Crippen LogP contribution in [-0.4, -0.2) is 24.3 Å². The van der Waals surface area contributed by atoms with Gasteiger partial charge in [0.2, 0.25) is 5.91 Å². The number of carbonyl (C=O) groups is 1. The Morgan fingerprint density at radius 1 is 1.40 bits per heavy atom. The molecule has 112 valence electrons. The lowest BCUT2D eigenvalue weighted by Gasteiger charge is -2.17. The third-order valence-electron chi connectivity index (χ3n) is 3.04. The van der Waals surface area contributed by atoms with E-state index < -0.39 is 0 Å². The number of ether oxygens (including phenoxy) is 1. The Morgan fingerprint density at radius 2 is 2.10 bits per heavy atom. The van der Waals surface area contributed by atoms with Gasteiger partial charge in [0.15, 0.2) is 0 Å². The molecule has 0 aromatic heterocycles. The standard InChI is InChI=1S/C15H24N2O2S/c1-5-19-12-6-7-13(16)14(8-12)20-9-15(18)17-11(4)10(2)3/h6-8,10-11H,5,9,16H2,1-4H3,(H,17,18). The SMILES string of the molecule is CCOc1ccc(N)c(SCC(=O)NC(C)C(C)C)c1. The molecular weight excluding hydrogens is 272 g/mol. The molecule has 0 aliphatic carbocycles. The first-order chi connectivity index (χ1) is 9.43. The van der Waals surface area contributed by atoms with E-state index in [1.807, 2.05) is 32.0 Å². The molecule has 1 amide bonds. The van der Waals surface area contributed by atoms with Crippen LogP contribution in [-0.2, 0) is 4.79 Å². The first kappa shape index (κ1) is 16.7. The summed E-state index contributed by atoms with van der Waals surface area (Å²) in [6.45, 7) is 8.73. The zero-order chi connectivity index (χ0) is 15.1. The molecule has 0 radical (unpaired) electrons. The van der Waals surface area contributed by atoms with Crippen molar-refractivity contribution in [3.05, 3.63) is 18.2 Å². The first-order valence-electron chi connectivity index (χ1n) is 6.88. The molecule has 1 rings (SSSR count). The van der Waals surface area contributed by atoms with Gasteiger partial charge < -0.3 is 15.8 Å². The van der Waals surface area contributed by atoms with Crippen molar-refractivity contribution in [2.24, 2.45) is 5.92 Å². The lowest BCUT2D eigenvalue weighted by atomic mass is 10.1. The zero-order valence-electron chi connectivity index (χ0n) is 12.6. The van der Waals surface area contributed by atoms with Crippen molar-refractivity contribution in [3.8, 4) is 5.75 Å². The molecule has 0 saturated heterocycles. The molecule has 0 aliphatic rings. The topological polar surface area (TPSA) is 64.3 Å². The van der Waals surface area contributed by atoms with E-state index in [1.54, 1.807) is 0 Å². The fraction of sp³-hybridized carbons (Fsp3) is 0.533. The number of hydrogen-bond donors (Lipinski definition) is 2. The summed E-state index contributed by atoms with van der Waals surface area (Å²) in [5.74, 6) is 1.59. The molecular formula is C15H24N2O2S. The molecule has 4 nitrogen and oxygen atoms in total. The van der Waals surface area contributed by atoms with Crippen molar-refractivity contribution in [1.82, 2.24) is 5.32 Å². The van der Waals surface area contributed by atoms with Gasteiger partial charge in [-0.15, -0.1) is 11.8 Å². The van der Waals surface area contributed by atoms with Crippen LogP contribution in [0.15, 0.2) is 23.1 Å². The predicted molar refractivity (Wildman–Crippen MR) is 85.2 cm³/mol. The summed E-state index contributed by atoms with van der Waals surface area (Å²) in [6.07, 6.45) is 0. The van der Waals surface area contributed by atoms with Gasteiger partial charge in [0, 0.05) is 16.6 Å². The first-order valence-corrected chi connectivity index (χ1v) is 7.87. The van der Waals surface area contributed by atoms with Gasteiger partial charge in [0.05, 0.1) is 12.4 Å². The third-order valence-corrected chi connectivity index (χ3v) is 4.11. The summed E-state index contributed by atoms with van der Waals surface area (Å²) in [6, 6.07) is 5.70. The van der Waals surface area contributed by atoms with Gasteiger partial charge >= 0.3 is 0 Å². The number of carbonyl (C=O) groups excluding carboxylic acids is 1. The molecule has 3 N–H and O–H groups in total. The second kappa shape index (κ2) is 8.04. The van der Waals surface area contributed by atoms with E-state index in [0.717, 1.165) is 10.6 Å². The maximum atomic E-state index is 11.8. The lowest BCUT2D eigenvalue weighted by molar-refractivity contribution is -0.119. The third kappa shape index (κ3) is 5.33. The number of amides is 1. The summed E-state index contributed by atoms with van der Waals surface area (Å²) in [4.78, 5) is 12.7. The van der Waals surface area contributed by atoms with Gasteiger partial charge in [-0.1, -0.05) is 13.8 Å². The van der Waals surface area contributed by atoms with Crippen LogP contribution in [0.5, 0.6) is 5.75 Å². The molecule has 0 saturated carbocycles. The molecule has 5 heteroatoms. The number of hydrogen-bond acceptors (Lipinski definition) is 4. The highest BCUT2D eigenvalue weighted by Crippen LogP contribution is 2.29. The van der Waals surface area contributed by atoms with Crippen molar-refractivity contribution in [2.45, 2.75) is 38.6 Å². The Hall–Kier alpha value is -1.36. The number of nitrogens with two attached hydrogens (primary N) is 1. The zero-order valence-corrected chi connectivity index (χ0v) is 13.4. The Balaban J connectivity index is 2.56. The van der Waals surface area contributed by atoms with Crippen LogP contribution < -0.4 is 15.8 Å². The summed E-state index contributed by atoms with van der Waals surface area (Å²) >= 11 is 1.43. The van der Waals surface area contributed by atoms with E-state index in [1.165, 1.54) is 11.8 Å². The van der Waals surface area contributed by atoms with E-state index in [4.69, 9.17) is 10.5 Å². The molecule has 20 heavy (non-hydrogen) atoms. The van der Waals surface area contributed by atoms with Crippen molar-refractivity contribution in [1.29, 1.82) is 0 Å². The van der Waals surface area contributed by atoms with Gasteiger partial charge in [-0.2, -0.15) is 0 Å². The summed E-state index contributed by atoms with van der Waals surface area (Å²) in [5, 5.41) is 2.98. The molecule has 0 spiro atoms. The molecule has 0 aliphatic heterocycles. The monoisotopic (exact) mass is 296 g/mol. The van der Waals surface area contributed by atoms with Gasteiger partial charge in [-0.05, 0) is 38.0 Å².